The second-order valence-corrected chi connectivity index (χ2v) is 13.1. The lowest BCUT2D eigenvalue weighted by molar-refractivity contribution is -0.140. The summed E-state index contributed by atoms with van der Waals surface area (Å²) >= 11 is 0. The smallest absolute Gasteiger partial charge is 0.374 e. The van der Waals surface area contributed by atoms with Gasteiger partial charge in [0.2, 0.25) is 11.8 Å². The molecule has 2 aliphatic heterocycles. The van der Waals surface area contributed by atoms with Crippen LogP contribution in [0, 0.1) is 11.7 Å². The van der Waals surface area contributed by atoms with Crippen LogP contribution in [-0.2, 0) is 30.8 Å². The Balaban J connectivity index is 1.60. The van der Waals surface area contributed by atoms with Gasteiger partial charge in [-0.2, -0.15) is 25.9 Å². The van der Waals surface area contributed by atoms with Crippen molar-refractivity contribution in [2.75, 3.05) is 26.0 Å². The summed E-state index contributed by atoms with van der Waals surface area (Å²) in [4.78, 5) is 41.8. The minimum atomic E-state index is -4.79. The van der Waals surface area contributed by atoms with Crippen molar-refractivity contribution < 1.29 is 40.4 Å². The molecule has 1 saturated heterocycles. The van der Waals surface area contributed by atoms with E-state index in [0.717, 1.165) is 22.9 Å². The topological polar surface area (TPSA) is 128 Å². The van der Waals surface area contributed by atoms with E-state index < -0.39 is 69.0 Å². The van der Waals surface area contributed by atoms with Crippen LogP contribution in [0.2, 0.25) is 0 Å². The Morgan fingerprint density at radius 1 is 1.10 bits per heavy atom. The maximum Gasteiger partial charge on any atom is 0.416 e. The predicted molar refractivity (Wildman–Crippen MR) is 146 cm³/mol. The number of amides is 3. The number of allylic oxidation sites excluding steroid dienone is 1. The Labute approximate surface area is 242 Å². The van der Waals surface area contributed by atoms with E-state index in [4.69, 9.17) is 0 Å². The highest BCUT2D eigenvalue weighted by molar-refractivity contribution is 7.87. The lowest BCUT2D eigenvalue weighted by Crippen LogP contribution is -2.58. The molecule has 4 rings (SSSR count). The fraction of sp³-hybridized carbons (Fsp3) is 0.593. The highest BCUT2D eigenvalue weighted by Crippen LogP contribution is 2.45. The molecule has 42 heavy (non-hydrogen) atoms. The lowest BCUT2D eigenvalue weighted by atomic mass is 10.0. The molecule has 1 aromatic rings. The van der Waals surface area contributed by atoms with E-state index in [1.54, 1.807) is 6.08 Å². The largest absolute Gasteiger partial charge is 0.416 e. The third-order valence-corrected chi connectivity index (χ3v) is 9.31. The van der Waals surface area contributed by atoms with Crippen molar-refractivity contribution in [3.05, 3.63) is 41.7 Å². The molecule has 232 valence electrons. The summed E-state index contributed by atoms with van der Waals surface area (Å²) in [7, 11) is -1.62. The average molecular weight is 618 g/mol. The number of anilines is 1. The summed E-state index contributed by atoms with van der Waals surface area (Å²) in [5.74, 6) is -3.60. The van der Waals surface area contributed by atoms with Crippen molar-refractivity contribution in [2.24, 2.45) is 5.92 Å². The van der Waals surface area contributed by atoms with Crippen LogP contribution in [0.15, 0.2) is 30.4 Å². The number of rotatable bonds is 5. The maximum absolute atomic E-state index is 14.1. The fourth-order valence-corrected chi connectivity index (χ4v) is 6.03. The molecule has 0 unspecified atom stereocenters. The molecule has 1 saturated carbocycles. The van der Waals surface area contributed by atoms with Crippen molar-refractivity contribution in [3.8, 4) is 0 Å². The zero-order chi connectivity index (χ0) is 30.9. The molecule has 15 heteroatoms. The zero-order valence-corrected chi connectivity index (χ0v) is 24.2. The number of alkyl halides is 3. The van der Waals surface area contributed by atoms with Gasteiger partial charge in [-0.15, -0.1) is 0 Å². The second kappa shape index (κ2) is 12.2. The number of carbonyl (C=O) groups is 3. The summed E-state index contributed by atoms with van der Waals surface area (Å²) in [6, 6.07) is -0.0152. The Morgan fingerprint density at radius 2 is 1.83 bits per heavy atom. The van der Waals surface area contributed by atoms with Gasteiger partial charge in [0.15, 0.2) is 0 Å². The number of benzene rings is 1. The summed E-state index contributed by atoms with van der Waals surface area (Å²) < 4.78 is 81.5. The number of nitrogens with one attached hydrogen (secondary N) is 3. The molecule has 1 aromatic carbocycles. The van der Waals surface area contributed by atoms with Crippen LogP contribution < -0.4 is 15.4 Å². The monoisotopic (exact) mass is 617 g/mol. The first-order chi connectivity index (χ1) is 19.6. The third kappa shape index (κ3) is 7.05. The second-order valence-electron chi connectivity index (χ2n) is 11.2. The van der Waals surface area contributed by atoms with Crippen molar-refractivity contribution in [1.82, 2.24) is 19.2 Å². The minimum absolute atomic E-state index is 0.177. The first-order valence-corrected chi connectivity index (χ1v) is 15.3. The van der Waals surface area contributed by atoms with E-state index in [1.807, 2.05) is 10.8 Å². The van der Waals surface area contributed by atoms with Gasteiger partial charge >= 0.3 is 16.4 Å². The van der Waals surface area contributed by atoms with Gasteiger partial charge in [-0.1, -0.05) is 25.0 Å². The molecular formula is C27H35F4N5O5S. The normalized spacial score (nSPS) is 28.2. The van der Waals surface area contributed by atoms with Gasteiger partial charge < -0.3 is 15.5 Å². The third-order valence-electron chi connectivity index (χ3n) is 7.90. The van der Waals surface area contributed by atoms with Crippen LogP contribution in [0.25, 0.3) is 0 Å². The quantitative estimate of drug-likeness (QED) is 0.345. The number of hydrogen-bond donors (Lipinski definition) is 3. The standard InChI is InChI=1S/C27H35F4N5O5S/c1-35(2)42(40,41)34-25(39)26-16-17(26)9-6-4-3-5-7-10-21(24(38)36-12-8-11-22(36)23(37)33-26)32-20-14-18(27(29,30)31)13-19(28)15-20/h6,9,13-15,17,21-22,32H,3-5,7-8,10-12,16H2,1-2H3,(H,33,37)(H,34,39)/b9-6-/t17-,21+,22+,26-/m1/s1. The Morgan fingerprint density at radius 3 is 2.52 bits per heavy atom. The van der Waals surface area contributed by atoms with Crippen LogP contribution >= 0.6 is 0 Å². The van der Waals surface area contributed by atoms with Crippen molar-refractivity contribution in [3.63, 3.8) is 0 Å². The van der Waals surface area contributed by atoms with Crippen molar-refractivity contribution in [2.45, 2.75) is 75.2 Å². The van der Waals surface area contributed by atoms with E-state index in [9.17, 15) is 40.4 Å². The van der Waals surface area contributed by atoms with E-state index >= 15 is 0 Å². The summed E-state index contributed by atoms with van der Waals surface area (Å²) in [6.07, 6.45) is 2.58. The summed E-state index contributed by atoms with van der Waals surface area (Å²) in [6.45, 7) is 0.198. The highest BCUT2D eigenvalue weighted by atomic mass is 32.2. The zero-order valence-electron chi connectivity index (χ0n) is 23.3. The maximum atomic E-state index is 14.1. The van der Waals surface area contributed by atoms with Crippen LogP contribution in [-0.4, -0.2) is 73.6 Å². The molecule has 0 aromatic heterocycles. The highest BCUT2D eigenvalue weighted by Gasteiger charge is 2.61. The van der Waals surface area contributed by atoms with Gasteiger partial charge in [0.1, 0.15) is 23.4 Å². The lowest BCUT2D eigenvalue weighted by Gasteiger charge is -2.30. The number of carbonyl (C=O) groups excluding carboxylic acids is 3. The van der Waals surface area contributed by atoms with E-state index in [0.29, 0.717) is 31.7 Å². The van der Waals surface area contributed by atoms with E-state index in [-0.39, 0.29) is 31.5 Å². The first kappa shape index (κ1) is 31.7. The molecule has 0 spiro atoms. The number of halogens is 4. The first-order valence-electron chi connectivity index (χ1n) is 13.8. The molecule has 0 bridgehead atoms. The van der Waals surface area contributed by atoms with Crippen LogP contribution in [0.1, 0.15) is 56.9 Å². The fourth-order valence-electron chi connectivity index (χ4n) is 5.43. The van der Waals surface area contributed by atoms with Gasteiger partial charge in [-0.3, -0.25) is 14.4 Å². The summed E-state index contributed by atoms with van der Waals surface area (Å²) in [5.41, 5.74) is -2.92. The van der Waals surface area contributed by atoms with Gasteiger partial charge in [0, 0.05) is 32.2 Å². The molecule has 3 N–H and O–H groups in total. The molecule has 4 atom stereocenters. The Hall–Kier alpha value is -3.20. The number of hydrogen-bond acceptors (Lipinski definition) is 6. The van der Waals surface area contributed by atoms with Crippen molar-refractivity contribution in [1.29, 1.82) is 0 Å². The van der Waals surface area contributed by atoms with Crippen molar-refractivity contribution >= 4 is 33.6 Å². The minimum Gasteiger partial charge on any atom is -0.374 e. The van der Waals surface area contributed by atoms with Crippen LogP contribution in [0.4, 0.5) is 23.2 Å². The number of fused-ring (bicyclic) bond motifs is 2. The molecule has 2 fully saturated rings. The van der Waals surface area contributed by atoms with Gasteiger partial charge in [-0.25, -0.2) is 9.11 Å². The van der Waals surface area contributed by atoms with Crippen LogP contribution in [0.3, 0.4) is 0 Å². The van der Waals surface area contributed by atoms with Gasteiger partial charge in [-0.05, 0) is 56.7 Å². The van der Waals surface area contributed by atoms with Crippen LogP contribution in [0.5, 0.6) is 0 Å². The van der Waals surface area contributed by atoms with Gasteiger partial charge in [0.25, 0.3) is 5.91 Å². The molecule has 3 amide bonds. The SMILES string of the molecule is CN(C)S(=O)(=O)NC(=O)[C@@]12C[C@H]1/C=C\CCCCC[C@H](Nc1cc(F)cc(C(F)(F)F)c1)C(=O)N1CCC[C@H]1C(=O)N2. The Kier molecular flexibility index (Phi) is 9.21. The summed E-state index contributed by atoms with van der Waals surface area (Å²) in [5, 5.41) is 5.48. The van der Waals surface area contributed by atoms with Gasteiger partial charge in [0.05, 0.1) is 5.56 Å². The average Bonchev–Trinajstić information content (AvgIpc) is 3.35. The molecule has 3 aliphatic rings. The Bertz CT molecular complexity index is 1350. The molecule has 1 aliphatic carbocycles. The van der Waals surface area contributed by atoms with E-state index in [2.05, 4.69) is 10.6 Å². The molecule has 0 radical (unpaired) electrons. The number of nitrogens with zero attached hydrogens (tertiary/aromatic N) is 2. The molecule has 10 nitrogen and oxygen atoms in total. The predicted octanol–water partition coefficient (Wildman–Crippen LogP) is 2.93. The molecular weight excluding hydrogens is 582 g/mol. The van der Waals surface area contributed by atoms with E-state index in [1.165, 1.54) is 19.0 Å². The molecule has 2 heterocycles.